The van der Waals surface area contributed by atoms with Gasteiger partial charge >= 0.3 is 12.1 Å². The normalized spacial score (nSPS) is 13.6. The van der Waals surface area contributed by atoms with Gasteiger partial charge in [-0.3, -0.25) is 4.79 Å². The number of hydrogen-bond donors (Lipinski definition) is 2. The molecule has 1 amide bonds. The average molecular weight is 270 g/mol. The summed E-state index contributed by atoms with van der Waals surface area (Å²) >= 11 is 0. The minimum absolute atomic E-state index is 0.927. The van der Waals surface area contributed by atoms with Crippen LogP contribution in [0.1, 0.15) is 0 Å². The molecule has 96 valence electrons. The van der Waals surface area contributed by atoms with Gasteiger partial charge in [-0.1, -0.05) is 0 Å². The first-order valence-electron chi connectivity index (χ1n) is 3.61. The van der Waals surface area contributed by atoms with Crippen LogP contribution in [0.5, 0.6) is 0 Å². The Kier molecular flexibility index (Phi) is 4.22. The second-order valence-electron chi connectivity index (χ2n) is 2.70. The fourth-order valence-electron chi connectivity index (χ4n) is 0.547. The van der Waals surface area contributed by atoms with E-state index < -0.39 is 40.3 Å². The molecule has 0 atom stereocenters. The maximum atomic E-state index is 12.2. The Bertz CT molecular complexity index is 363. The minimum Gasteiger partial charge on any atom is -0.349 e. The molecule has 0 rings (SSSR count). The molecular formula is C5H7F5N2O3S. The lowest BCUT2D eigenvalue weighted by Crippen LogP contribution is -2.51. The van der Waals surface area contributed by atoms with E-state index in [1.807, 2.05) is 0 Å². The third-order valence-corrected chi connectivity index (χ3v) is 2.09. The standard InChI is InChI=1S/C5H7F5N2O3S/c6-4(7,5(8,9)10)3(13)12-1-2-16(11,14)15/h1-2H2,(H,12,13)(H2,11,14,15). The molecule has 0 unspecified atom stereocenters. The number of sulfonamides is 1. The summed E-state index contributed by atoms with van der Waals surface area (Å²) in [6, 6.07) is 0. The van der Waals surface area contributed by atoms with Gasteiger partial charge in [0.05, 0.1) is 5.75 Å². The molecule has 3 N–H and O–H groups in total. The Hall–Kier alpha value is -0.970. The van der Waals surface area contributed by atoms with Crippen molar-refractivity contribution in [1.82, 2.24) is 5.32 Å². The number of halogens is 5. The number of nitrogens with two attached hydrogens (primary N) is 1. The summed E-state index contributed by atoms with van der Waals surface area (Å²) in [5.41, 5.74) is 0. The lowest BCUT2D eigenvalue weighted by Gasteiger charge is -2.18. The van der Waals surface area contributed by atoms with E-state index in [1.165, 1.54) is 0 Å². The molecule has 0 saturated heterocycles. The summed E-state index contributed by atoms with van der Waals surface area (Å²) in [5.74, 6) is -9.12. The molecule has 0 heterocycles. The van der Waals surface area contributed by atoms with Crippen LogP contribution >= 0.6 is 0 Å². The molecule has 0 aromatic heterocycles. The molecule has 0 aliphatic heterocycles. The zero-order valence-electron chi connectivity index (χ0n) is 7.51. The zero-order chi connectivity index (χ0) is 13.2. The van der Waals surface area contributed by atoms with Gasteiger partial charge in [-0.25, -0.2) is 13.6 Å². The SMILES string of the molecule is NS(=O)(=O)CCNC(=O)C(F)(F)C(F)(F)F. The fourth-order valence-corrected chi connectivity index (χ4v) is 0.933. The first-order chi connectivity index (χ1) is 6.88. The van der Waals surface area contributed by atoms with Crippen molar-refractivity contribution in [3.8, 4) is 0 Å². The van der Waals surface area contributed by atoms with Crippen molar-refractivity contribution in [2.45, 2.75) is 12.1 Å². The Balaban J connectivity index is 4.39. The number of hydrogen-bond acceptors (Lipinski definition) is 3. The second-order valence-corrected chi connectivity index (χ2v) is 4.43. The molecule has 11 heteroatoms. The number of alkyl halides is 5. The predicted molar refractivity (Wildman–Crippen MR) is 42.0 cm³/mol. The Morgan fingerprint density at radius 3 is 1.94 bits per heavy atom. The highest BCUT2D eigenvalue weighted by molar-refractivity contribution is 7.89. The maximum absolute atomic E-state index is 12.2. The van der Waals surface area contributed by atoms with Crippen LogP contribution in [0.2, 0.25) is 0 Å². The van der Waals surface area contributed by atoms with Crippen molar-refractivity contribution < 1.29 is 35.2 Å². The van der Waals surface area contributed by atoms with Gasteiger partial charge in [0.25, 0.3) is 5.91 Å². The highest BCUT2D eigenvalue weighted by Crippen LogP contribution is 2.35. The first kappa shape index (κ1) is 15.0. The highest BCUT2D eigenvalue weighted by Gasteiger charge is 2.63. The maximum Gasteiger partial charge on any atom is 0.463 e. The van der Waals surface area contributed by atoms with E-state index in [2.05, 4.69) is 5.14 Å². The third kappa shape index (κ3) is 4.26. The number of primary sulfonamides is 1. The molecule has 0 bridgehead atoms. The predicted octanol–water partition coefficient (Wildman–Crippen LogP) is -0.411. The summed E-state index contributed by atoms with van der Waals surface area (Å²) in [6.45, 7) is -0.927. The molecular weight excluding hydrogens is 263 g/mol. The van der Waals surface area contributed by atoms with Gasteiger partial charge in [0, 0.05) is 6.54 Å². The van der Waals surface area contributed by atoms with Crippen LogP contribution in [0.4, 0.5) is 22.0 Å². The molecule has 0 aliphatic rings. The lowest BCUT2D eigenvalue weighted by molar-refractivity contribution is -0.269. The molecule has 0 radical (unpaired) electrons. The first-order valence-corrected chi connectivity index (χ1v) is 5.33. The van der Waals surface area contributed by atoms with Gasteiger partial charge in [0.1, 0.15) is 0 Å². The van der Waals surface area contributed by atoms with Crippen LogP contribution in [-0.2, 0) is 14.8 Å². The number of rotatable bonds is 4. The molecule has 5 nitrogen and oxygen atoms in total. The molecule has 0 aromatic rings. The lowest BCUT2D eigenvalue weighted by atomic mass is 10.3. The monoisotopic (exact) mass is 270 g/mol. The van der Waals surface area contributed by atoms with Gasteiger partial charge < -0.3 is 5.32 Å². The van der Waals surface area contributed by atoms with E-state index in [0.717, 1.165) is 5.32 Å². The zero-order valence-corrected chi connectivity index (χ0v) is 8.33. The number of carbonyl (C=O) groups is 1. The fraction of sp³-hybridized carbons (Fsp3) is 0.800. The number of nitrogens with one attached hydrogen (secondary N) is 1. The summed E-state index contributed by atoms with van der Waals surface area (Å²) in [4.78, 5) is 10.4. The van der Waals surface area contributed by atoms with Gasteiger partial charge in [-0.15, -0.1) is 0 Å². The van der Waals surface area contributed by atoms with Crippen molar-refractivity contribution >= 4 is 15.9 Å². The van der Waals surface area contributed by atoms with Gasteiger partial charge in [-0.2, -0.15) is 22.0 Å². The van der Waals surface area contributed by atoms with Crippen LogP contribution in [0.3, 0.4) is 0 Å². The largest absolute Gasteiger partial charge is 0.463 e. The van der Waals surface area contributed by atoms with Crippen LogP contribution in [-0.4, -0.2) is 38.7 Å². The Morgan fingerprint density at radius 1 is 1.19 bits per heavy atom. The van der Waals surface area contributed by atoms with E-state index >= 15 is 0 Å². The number of carbonyl (C=O) groups excluding carboxylic acids is 1. The van der Waals surface area contributed by atoms with E-state index in [1.54, 1.807) is 0 Å². The van der Waals surface area contributed by atoms with E-state index in [0.29, 0.717) is 0 Å². The summed E-state index contributed by atoms with van der Waals surface area (Å²) in [7, 11) is -4.04. The second kappa shape index (κ2) is 4.49. The molecule has 16 heavy (non-hydrogen) atoms. The molecule has 0 spiro atoms. The Morgan fingerprint density at radius 2 is 1.62 bits per heavy atom. The van der Waals surface area contributed by atoms with Crippen molar-refractivity contribution in [2.24, 2.45) is 5.14 Å². The van der Waals surface area contributed by atoms with E-state index in [9.17, 15) is 35.2 Å². The Labute approximate surface area is 86.8 Å². The van der Waals surface area contributed by atoms with Crippen molar-refractivity contribution in [3.05, 3.63) is 0 Å². The van der Waals surface area contributed by atoms with Crippen molar-refractivity contribution in [2.75, 3.05) is 12.3 Å². The van der Waals surface area contributed by atoms with Crippen LogP contribution in [0.15, 0.2) is 0 Å². The average Bonchev–Trinajstić information content (AvgIpc) is 1.99. The van der Waals surface area contributed by atoms with Crippen LogP contribution in [0, 0.1) is 0 Å². The molecule has 0 fully saturated rings. The molecule has 0 aliphatic carbocycles. The quantitative estimate of drug-likeness (QED) is 0.680. The topological polar surface area (TPSA) is 89.3 Å². The molecule has 0 aromatic carbocycles. The van der Waals surface area contributed by atoms with Crippen LogP contribution in [0.25, 0.3) is 0 Å². The van der Waals surface area contributed by atoms with Crippen molar-refractivity contribution in [1.29, 1.82) is 0 Å². The van der Waals surface area contributed by atoms with Gasteiger partial charge in [-0.05, 0) is 0 Å². The van der Waals surface area contributed by atoms with E-state index in [4.69, 9.17) is 0 Å². The van der Waals surface area contributed by atoms with Gasteiger partial charge in [0.15, 0.2) is 0 Å². The van der Waals surface area contributed by atoms with E-state index in [-0.39, 0.29) is 0 Å². The summed E-state index contributed by atoms with van der Waals surface area (Å²) in [5, 5.41) is 5.55. The molecule has 0 saturated carbocycles. The third-order valence-electron chi connectivity index (χ3n) is 1.31. The van der Waals surface area contributed by atoms with Gasteiger partial charge in [0.2, 0.25) is 10.0 Å². The van der Waals surface area contributed by atoms with Crippen LogP contribution < -0.4 is 10.5 Å². The summed E-state index contributed by atoms with van der Waals surface area (Å²) in [6.07, 6.45) is -6.03. The smallest absolute Gasteiger partial charge is 0.349 e. The van der Waals surface area contributed by atoms with Crippen molar-refractivity contribution in [3.63, 3.8) is 0 Å². The summed E-state index contributed by atoms with van der Waals surface area (Å²) < 4.78 is 79.8. The highest BCUT2D eigenvalue weighted by atomic mass is 32.2. The minimum atomic E-state index is -6.03. The number of amides is 1.